The van der Waals surface area contributed by atoms with Crippen LogP contribution in [0.1, 0.15) is 0 Å². The third kappa shape index (κ3) is 2.65. The van der Waals surface area contributed by atoms with Gasteiger partial charge in [-0.2, -0.15) is 0 Å². The molecule has 0 aromatic heterocycles. The summed E-state index contributed by atoms with van der Waals surface area (Å²) in [7, 11) is 0. The molecule has 0 fully saturated rings. The SMILES string of the molecule is Brc1ccccc1Oc1cc2c3c(c1)Oc1ccccc1B3c1ccccc1O2. The lowest BCUT2D eigenvalue weighted by Gasteiger charge is -2.33. The van der Waals surface area contributed by atoms with Crippen molar-refractivity contribution in [2.75, 3.05) is 0 Å². The molecule has 0 amide bonds. The van der Waals surface area contributed by atoms with Crippen LogP contribution in [0.15, 0.2) is 89.4 Å². The minimum absolute atomic E-state index is 0.0763. The normalized spacial score (nSPS) is 12.8. The molecular formula is C24H14BBrO3. The number of rotatable bonds is 2. The molecule has 0 spiro atoms. The lowest BCUT2D eigenvalue weighted by molar-refractivity contribution is 0.442. The first-order valence-electron chi connectivity index (χ1n) is 9.42. The summed E-state index contributed by atoms with van der Waals surface area (Å²) in [5, 5.41) is 0. The molecule has 5 heteroatoms. The summed E-state index contributed by atoms with van der Waals surface area (Å²) in [5.41, 5.74) is 3.34. The van der Waals surface area contributed by atoms with Crippen molar-refractivity contribution in [3.8, 4) is 34.5 Å². The topological polar surface area (TPSA) is 27.7 Å². The number of ether oxygens (including phenoxy) is 3. The van der Waals surface area contributed by atoms with Gasteiger partial charge < -0.3 is 14.2 Å². The van der Waals surface area contributed by atoms with Gasteiger partial charge in [-0.25, -0.2) is 0 Å². The Kier molecular flexibility index (Phi) is 3.71. The molecule has 4 aromatic rings. The Labute approximate surface area is 177 Å². The Morgan fingerprint density at radius 2 is 1.21 bits per heavy atom. The van der Waals surface area contributed by atoms with Gasteiger partial charge in [-0.15, -0.1) is 0 Å². The van der Waals surface area contributed by atoms with Crippen molar-refractivity contribution in [2.24, 2.45) is 0 Å². The van der Waals surface area contributed by atoms with Gasteiger partial charge in [-0.3, -0.25) is 0 Å². The van der Waals surface area contributed by atoms with E-state index in [1.165, 1.54) is 0 Å². The average molecular weight is 441 g/mol. The van der Waals surface area contributed by atoms with Gasteiger partial charge in [-0.1, -0.05) is 48.5 Å². The van der Waals surface area contributed by atoms with Crippen molar-refractivity contribution in [1.82, 2.24) is 0 Å². The zero-order valence-corrected chi connectivity index (χ0v) is 16.8. The van der Waals surface area contributed by atoms with Crippen molar-refractivity contribution in [3.05, 3.63) is 89.4 Å². The second-order valence-electron chi connectivity index (χ2n) is 7.08. The molecule has 138 valence electrons. The first-order chi connectivity index (χ1) is 14.3. The fraction of sp³-hybridized carbons (Fsp3) is 0. The Balaban J connectivity index is 1.54. The lowest BCUT2D eigenvalue weighted by atomic mass is 9.35. The summed E-state index contributed by atoms with van der Waals surface area (Å²) in [6.45, 7) is 0.0763. The third-order valence-electron chi connectivity index (χ3n) is 5.33. The summed E-state index contributed by atoms with van der Waals surface area (Å²) >= 11 is 3.54. The molecule has 0 aliphatic carbocycles. The van der Waals surface area contributed by atoms with Crippen LogP contribution in [0.25, 0.3) is 0 Å². The number of para-hydroxylation sites is 3. The molecular weight excluding hydrogens is 427 g/mol. The van der Waals surface area contributed by atoms with Gasteiger partial charge in [0.05, 0.1) is 4.47 Å². The quantitative estimate of drug-likeness (QED) is 0.356. The molecule has 3 nitrogen and oxygen atoms in total. The van der Waals surface area contributed by atoms with E-state index in [1.807, 2.05) is 60.7 Å². The van der Waals surface area contributed by atoms with E-state index < -0.39 is 0 Å². The zero-order chi connectivity index (χ0) is 19.4. The zero-order valence-electron chi connectivity index (χ0n) is 15.3. The summed E-state index contributed by atoms with van der Waals surface area (Å²) in [6, 6.07) is 28.0. The molecule has 29 heavy (non-hydrogen) atoms. The Hall–Kier alpha value is -3.18. The van der Waals surface area contributed by atoms with Gasteiger partial charge in [0.25, 0.3) is 6.71 Å². The monoisotopic (exact) mass is 440 g/mol. The minimum Gasteiger partial charge on any atom is -0.458 e. The highest BCUT2D eigenvalue weighted by Gasteiger charge is 2.40. The average Bonchev–Trinajstić information content (AvgIpc) is 2.75. The standard InChI is InChI=1S/C24H14BBrO3/c26-18-9-3-6-12-21(18)27-15-13-22-24-23(14-15)29-20-11-5-2-8-17(20)25(24)16-7-1-4-10-19(16)28-22/h1-14H. The van der Waals surface area contributed by atoms with Crippen LogP contribution < -0.4 is 30.6 Å². The fourth-order valence-electron chi connectivity index (χ4n) is 4.08. The van der Waals surface area contributed by atoms with Gasteiger partial charge in [0.15, 0.2) is 0 Å². The maximum absolute atomic E-state index is 6.28. The first-order valence-corrected chi connectivity index (χ1v) is 10.2. The van der Waals surface area contributed by atoms with E-state index in [4.69, 9.17) is 14.2 Å². The first kappa shape index (κ1) is 16.7. The number of fused-ring (bicyclic) bond motifs is 4. The van der Waals surface area contributed by atoms with E-state index in [0.717, 1.165) is 49.6 Å². The maximum Gasteiger partial charge on any atom is 0.260 e. The summed E-state index contributed by atoms with van der Waals surface area (Å²) < 4.78 is 19.6. The molecule has 0 unspecified atom stereocenters. The Morgan fingerprint density at radius 1 is 0.655 bits per heavy atom. The molecule has 4 aromatic carbocycles. The summed E-state index contributed by atoms with van der Waals surface area (Å²) in [5.74, 6) is 4.67. The van der Waals surface area contributed by atoms with Gasteiger partial charge in [-0.05, 0) is 51.1 Å². The van der Waals surface area contributed by atoms with Crippen LogP contribution in [-0.4, -0.2) is 6.71 Å². The number of halogens is 1. The van der Waals surface area contributed by atoms with Gasteiger partial charge in [0, 0.05) is 17.6 Å². The molecule has 0 atom stereocenters. The fourth-order valence-corrected chi connectivity index (χ4v) is 4.45. The van der Waals surface area contributed by atoms with Crippen molar-refractivity contribution in [3.63, 3.8) is 0 Å². The third-order valence-corrected chi connectivity index (χ3v) is 5.99. The predicted octanol–water partition coefficient (Wildman–Crippen LogP) is 4.97. The lowest BCUT2D eigenvalue weighted by Crippen LogP contribution is -2.57. The minimum atomic E-state index is 0.0763. The molecule has 2 aliphatic rings. The van der Waals surface area contributed by atoms with Gasteiger partial charge in [0.1, 0.15) is 34.5 Å². The molecule has 2 aliphatic heterocycles. The van der Waals surface area contributed by atoms with Gasteiger partial charge in [0.2, 0.25) is 0 Å². The predicted molar refractivity (Wildman–Crippen MR) is 118 cm³/mol. The Morgan fingerprint density at radius 3 is 1.83 bits per heavy atom. The molecule has 6 rings (SSSR count). The van der Waals surface area contributed by atoms with Crippen molar-refractivity contribution >= 4 is 39.0 Å². The maximum atomic E-state index is 6.28. The van der Waals surface area contributed by atoms with Crippen LogP contribution in [-0.2, 0) is 0 Å². The molecule has 0 radical (unpaired) electrons. The summed E-state index contributed by atoms with van der Waals surface area (Å²) in [6.07, 6.45) is 0. The summed E-state index contributed by atoms with van der Waals surface area (Å²) in [4.78, 5) is 0. The van der Waals surface area contributed by atoms with E-state index in [9.17, 15) is 0 Å². The van der Waals surface area contributed by atoms with Gasteiger partial charge >= 0.3 is 0 Å². The van der Waals surface area contributed by atoms with E-state index in [2.05, 4.69) is 40.2 Å². The van der Waals surface area contributed by atoms with E-state index in [-0.39, 0.29) is 6.71 Å². The Bertz CT molecular complexity index is 1200. The molecule has 0 N–H and O–H groups in total. The number of hydrogen-bond donors (Lipinski definition) is 0. The van der Waals surface area contributed by atoms with Crippen LogP contribution in [0.3, 0.4) is 0 Å². The van der Waals surface area contributed by atoms with Crippen molar-refractivity contribution < 1.29 is 14.2 Å². The van der Waals surface area contributed by atoms with Crippen LogP contribution in [0.4, 0.5) is 0 Å². The van der Waals surface area contributed by atoms with Crippen LogP contribution in [0, 0.1) is 0 Å². The number of hydrogen-bond acceptors (Lipinski definition) is 3. The highest BCUT2D eigenvalue weighted by atomic mass is 79.9. The molecule has 0 saturated carbocycles. The molecule has 0 saturated heterocycles. The molecule has 0 bridgehead atoms. The largest absolute Gasteiger partial charge is 0.458 e. The molecule has 2 heterocycles. The highest BCUT2D eigenvalue weighted by molar-refractivity contribution is 9.10. The van der Waals surface area contributed by atoms with Crippen molar-refractivity contribution in [1.29, 1.82) is 0 Å². The highest BCUT2D eigenvalue weighted by Crippen LogP contribution is 2.39. The van der Waals surface area contributed by atoms with E-state index in [0.29, 0.717) is 5.75 Å². The second-order valence-corrected chi connectivity index (χ2v) is 7.93. The van der Waals surface area contributed by atoms with Crippen LogP contribution in [0.2, 0.25) is 0 Å². The van der Waals surface area contributed by atoms with Crippen molar-refractivity contribution in [2.45, 2.75) is 0 Å². The van der Waals surface area contributed by atoms with E-state index >= 15 is 0 Å². The van der Waals surface area contributed by atoms with Crippen LogP contribution in [0.5, 0.6) is 34.5 Å². The van der Waals surface area contributed by atoms with Crippen LogP contribution >= 0.6 is 15.9 Å². The number of benzene rings is 4. The smallest absolute Gasteiger partial charge is 0.260 e. The second kappa shape index (κ2) is 6.43. The van der Waals surface area contributed by atoms with E-state index in [1.54, 1.807) is 0 Å².